The summed E-state index contributed by atoms with van der Waals surface area (Å²) in [7, 11) is 1.69. The Morgan fingerprint density at radius 2 is 2.53 bits per heavy atom. The maximum atomic E-state index is 11.3. The normalized spacial score (nSPS) is 20.7. The summed E-state index contributed by atoms with van der Waals surface area (Å²) < 4.78 is 0. The minimum atomic E-state index is 0.144. The fraction of sp³-hybridized carbons (Fsp3) is 0.583. The van der Waals surface area contributed by atoms with Gasteiger partial charge in [0.15, 0.2) is 0 Å². The van der Waals surface area contributed by atoms with Crippen molar-refractivity contribution in [3.05, 3.63) is 21.3 Å². The Bertz CT molecular complexity index is 394. The summed E-state index contributed by atoms with van der Waals surface area (Å²) in [6, 6.07) is 1.94. The van der Waals surface area contributed by atoms with E-state index in [0.29, 0.717) is 12.3 Å². The van der Waals surface area contributed by atoms with E-state index in [1.807, 2.05) is 11.4 Å². The lowest BCUT2D eigenvalue weighted by Crippen LogP contribution is -2.24. The highest BCUT2D eigenvalue weighted by atomic mass is 35.5. The van der Waals surface area contributed by atoms with Crippen molar-refractivity contribution in [3.8, 4) is 0 Å². The van der Waals surface area contributed by atoms with Crippen LogP contribution in [-0.2, 0) is 11.3 Å². The average molecular weight is 273 g/mol. The van der Waals surface area contributed by atoms with Crippen molar-refractivity contribution >= 4 is 28.8 Å². The fourth-order valence-electron chi connectivity index (χ4n) is 2.23. The van der Waals surface area contributed by atoms with Crippen LogP contribution in [0.15, 0.2) is 11.4 Å². The number of nitrogens with one attached hydrogen (secondary N) is 1. The van der Waals surface area contributed by atoms with E-state index in [4.69, 9.17) is 11.6 Å². The van der Waals surface area contributed by atoms with Gasteiger partial charge in [0.1, 0.15) is 0 Å². The maximum absolute atomic E-state index is 11.3. The highest BCUT2D eigenvalue weighted by molar-refractivity contribution is 7.10. The van der Waals surface area contributed by atoms with Crippen molar-refractivity contribution in [2.24, 2.45) is 5.92 Å². The molecule has 0 radical (unpaired) electrons. The molecule has 1 atom stereocenters. The third kappa shape index (κ3) is 3.44. The molecule has 0 aromatic carbocycles. The van der Waals surface area contributed by atoms with Crippen molar-refractivity contribution < 1.29 is 4.79 Å². The van der Waals surface area contributed by atoms with Gasteiger partial charge in [0.05, 0.1) is 5.02 Å². The summed E-state index contributed by atoms with van der Waals surface area (Å²) in [5.41, 5.74) is 0. The second-order valence-electron chi connectivity index (χ2n) is 4.46. The molecule has 1 fully saturated rings. The third-order valence-corrected chi connectivity index (χ3v) is 4.55. The van der Waals surface area contributed by atoms with Gasteiger partial charge in [-0.2, -0.15) is 0 Å². The standard InChI is InChI=1S/C12H17ClN2OS/c1-14-12(16)6-9-2-4-15(7-9)8-11-10(13)3-5-17-11/h3,5,9H,2,4,6-8H2,1H3,(H,14,16). The lowest BCUT2D eigenvalue weighted by molar-refractivity contribution is -0.121. The van der Waals surface area contributed by atoms with Crippen LogP contribution < -0.4 is 5.32 Å². The molecule has 1 aliphatic heterocycles. The third-order valence-electron chi connectivity index (χ3n) is 3.18. The van der Waals surface area contributed by atoms with Crippen LogP contribution in [0.2, 0.25) is 5.02 Å². The summed E-state index contributed by atoms with van der Waals surface area (Å²) in [5.74, 6) is 0.639. The topological polar surface area (TPSA) is 32.3 Å². The molecule has 1 unspecified atom stereocenters. The number of carbonyl (C=O) groups is 1. The molecule has 0 aliphatic carbocycles. The predicted octanol–water partition coefficient (Wildman–Crippen LogP) is 2.36. The quantitative estimate of drug-likeness (QED) is 0.913. The van der Waals surface area contributed by atoms with E-state index in [1.165, 1.54) is 4.88 Å². The molecular weight excluding hydrogens is 256 g/mol. The summed E-state index contributed by atoms with van der Waals surface area (Å²) in [6.45, 7) is 2.98. The van der Waals surface area contributed by atoms with Gasteiger partial charge in [0.25, 0.3) is 0 Å². The second kappa shape index (κ2) is 5.85. The first-order chi connectivity index (χ1) is 8.19. The van der Waals surface area contributed by atoms with Gasteiger partial charge in [0, 0.05) is 31.4 Å². The lowest BCUT2D eigenvalue weighted by Gasteiger charge is -2.15. The number of rotatable bonds is 4. The van der Waals surface area contributed by atoms with Crippen LogP contribution >= 0.6 is 22.9 Å². The molecule has 1 N–H and O–H groups in total. The molecule has 2 rings (SSSR count). The Labute approximate surface area is 111 Å². The van der Waals surface area contributed by atoms with E-state index in [1.54, 1.807) is 18.4 Å². The minimum absolute atomic E-state index is 0.144. The van der Waals surface area contributed by atoms with Crippen LogP contribution in [0.4, 0.5) is 0 Å². The molecule has 0 saturated carbocycles. The van der Waals surface area contributed by atoms with E-state index >= 15 is 0 Å². The highest BCUT2D eigenvalue weighted by Crippen LogP contribution is 2.27. The zero-order valence-electron chi connectivity index (χ0n) is 9.91. The first kappa shape index (κ1) is 12.9. The smallest absolute Gasteiger partial charge is 0.220 e. The Morgan fingerprint density at radius 1 is 1.71 bits per heavy atom. The molecule has 1 aromatic rings. The largest absolute Gasteiger partial charge is 0.359 e. The number of thiophene rings is 1. The average Bonchev–Trinajstić information content (AvgIpc) is 2.90. The van der Waals surface area contributed by atoms with Crippen LogP contribution in [0.1, 0.15) is 17.7 Å². The number of hydrogen-bond donors (Lipinski definition) is 1. The van der Waals surface area contributed by atoms with E-state index in [9.17, 15) is 4.79 Å². The van der Waals surface area contributed by atoms with E-state index in [-0.39, 0.29) is 5.91 Å². The van der Waals surface area contributed by atoms with Crippen LogP contribution in [0.5, 0.6) is 0 Å². The monoisotopic (exact) mass is 272 g/mol. The molecular formula is C12H17ClN2OS. The number of nitrogens with zero attached hydrogens (tertiary/aromatic N) is 1. The fourth-order valence-corrected chi connectivity index (χ4v) is 3.37. The Hall–Kier alpha value is -0.580. The number of halogens is 1. The van der Waals surface area contributed by atoms with Gasteiger partial charge in [-0.3, -0.25) is 9.69 Å². The number of hydrogen-bond acceptors (Lipinski definition) is 3. The molecule has 1 amide bonds. The van der Waals surface area contributed by atoms with Crippen molar-refractivity contribution in [1.82, 2.24) is 10.2 Å². The van der Waals surface area contributed by atoms with Gasteiger partial charge in [0.2, 0.25) is 5.91 Å². The molecule has 1 aromatic heterocycles. The van der Waals surface area contributed by atoms with Gasteiger partial charge < -0.3 is 5.32 Å². The first-order valence-electron chi connectivity index (χ1n) is 5.84. The van der Waals surface area contributed by atoms with Gasteiger partial charge in [-0.25, -0.2) is 0 Å². The molecule has 1 saturated heterocycles. The second-order valence-corrected chi connectivity index (χ2v) is 5.87. The van der Waals surface area contributed by atoms with Crippen molar-refractivity contribution in [2.75, 3.05) is 20.1 Å². The van der Waals surface area contributed by atoms with Crippen molar-refractivity contribution in [2.45, 2.75) is 19.4 Å². The van der Waals surface area contributed by atoms with Crippen LogP contribution in [0.25, 0.3) is 0 Å². The van der Waals surface area contributed by atoms with Gasteiger partial charge in [-0.15, -0.1) is 11.3 Å². The maximum Gasteiger partial charge on any atom is 0.220 e. The number of carbonyl (C=O) groups excluding carboxylic acids is 1. The molecule has 0 bridgehead atoms. The highest BCUT2D eigenvalue weighted by Gasteiger charge is 2.24. The number of likely N-dealkylation sites (tertiary alicyclic amines) is 1. The molecule has 17 heavy (non-hydrogen) atoms. The molecule has 2 heterocycles. The molecule has 94 valence electrons. The van der Waals surface area contributed by atoms with Crippen molar-refractivity contribution in [1.29, 1.82) is 0 Å². The summed E-state index contributed by atoms with van der Waals surface area (Å²) in [4.78, 5) is 14.9. The van der Waals surface area contributed by atoms with E-state index in [0.717, 1.165) is 31.1 Å². The summed E-state index contributed by atoms with van der Waals surface area (Å²) in [6.07, 6.45) is 1.75. The Balaban J connectivity index is 1.82. The van der Waals surface area contributed by atoms with Crippen LogP contribution in [0, 0.1) is 5.92 Å². The summed E-state index contributed by atoms with van der Waals surface area (Å²) >= 11 is 7.78. The molecule has 1 aliphatic rings. The van der Waals surface area contributed by atoms with Gasteiger partial charge in [-0.1, -0.05) is 11.6 Å². The van der Waals surface area contributed by atoms with Crippen LogP contribution in [0.3, 0.4) is 0 Å². The SMILES string of the molecule is CNC(=O)CC1CCN(Cc2sccc2Cl)C1. The predicted molar refractivity (Wildman–Crippen MR) is 71.4 cm³/mol. The zero-order valence-corrected chi connectivity index (χ0v) is 11.5. The Kier molecular flexibility index (Phi) is 4.42. The van der Waals surface area contributed by atoms with Crippen molar-refractivity contribution in [3.63, 3.8) is 0 Å². The number of amides is 1. The molecule has 5 heteroatoms. The first-order valence-corrected chi connectivity index (χ1v) is 7.09. The van der Waals surface area contributed by atoms with E-state index < -0.39 is 0 Å². The van der Waals surface area contributed by atoms with E-state index in [2.05, 4.69) is 10.2 Å². The molecule has 0 spiro atoms. The zero-order chi connectivity index (χ0) is 12.3. The Morgan fingerprint density at radius 3 is 3.18 bits per heavy atom. The van der Waals surface area contributed by atoms with Crippen LogP contribution in [-0.4, -0.2) is 30.9 Å². The minimum Gasteiger partial charge on any atom is -0.359 e. The van der Waals surface area contributed by atoms with Gasteiger partial charge in [-0.05, 0) is 30.3 Å². The lowest BCUT2D eigenvalue weighted by atomic mass is 10.1. The molecule has 3 nitrogen and oxygen atoms in total. The van der Waals surface area contributed by atoms with Gasteiger partial charge >= 0.3 is 0 Å². The summed E-state index contributed by atoms with van der Waals surface area (Å²) in [5, 5.41) is 5.57.